The largest absolute Gasteiger partial charge is 0.329 e. The maximum atomic E-state index is 12.4. The predicted molar refractivity (Wildman–Crippen MR) is 72.2 cm³/mol. The lowest BCUT2D eigenvalue weighted by molar-refractivity contribution is -0.129. The summed E-state index contributed by atoms with van der Waals surface area (Å²) in [6, 6.07) is 7.25. The second-order valence-corrected chi connectivity index (χ2v) is 5.08. The molecule has 104 valence electrons. The van der Waals surface area contributed by atoms with Gasteiger partial charge in [0.05, 0.1) is 6.54 Å². The van der Waals surface area contributed by atoms with Crippen LogP contribution < -0.4 is 10.2 Å². The van der Waals surface area contributed by atoms with Crippen molar-refractivity contribution >= 4 is 23.5 Å². The zero-order valence-corrected chi connectivity index (χ0v) is 11.1. The molecule has 1 fully saturated rings. The SMILES string of the molecule is CC1Cc2ccccc2N1C(=O)CN1C(=O)CNC1=O. The number of nitrogens with zero attached hydrogens (tertiary/aromatic N) is 2. The molecule has 0 bridgehead atoms. The molecule has 0 spiro atoms. The van der Waals surface area contributed by atoms with Crippen LogP contribution in [0.1, 0.15) is 12.5 Å². The molecule has 1 aromatic rings. The Morgan fingerprint density at radius 1 is 1.35 bits per heavy atom. The Labute approximate surface area is 116 Å². The van der Waals surface area contributed by atoms with E-state index in [0.29, 0.717) is 0 Å². The average Bonchev–Trinajstić information content (AvgIpc) is 2.91. The summed E-state index contributed by atoms with van der Waals surface area (Å²) < 4.78 is 0. The van der Waals surface area contributed by atoms with E-state index in [1.54, 1.807) is 4.90 Å². The van der Waals surface area contributed by atoms with Crippen molar-refractivity contribution in [1.29, 1.82) is 0 Å². The lowest BCUT2D eigenvalue weighted by atomic mass is 10.1. The van der Waals surface area contributed by atoms with E-state index >= 15 is 0 Å². The average molecular weight is 273 g/mol. The van der Waals surface area contributed by atoms with Crippen LogP contribution in [-0.2, 0) is 16.0 Å². The lowest BCUT2D eigenvalue weighted by Gasteiger charge is -2.24. The molecule has 0 saturated carbocycles. The summed E-state index contributed by atoms with van der Waals surface area (Å²) in [7, 11) is 0. The molecule has 20 heavy (non-hydrogen) atoms. The topological polar surface area (TPSA) is 69.7 Å². The van der Waals surface area contributed by atoms with E-state index in [9.17, 15) is 14.4 Å². The zero-order valence-electron chi connectivity index (χ0n) is 11.1. The van der Waals surface area contributed by atoms with Crippen LogP contribution >= 0.6 is 0 Å². The van der Waals surface area contributed by atoms with E-state index in [1.807, 2.05) is 31.2 Å². The van der Waals surface area contributed by atoms with Crippen molar-refractivity contribution in [3.8, 4) is 0 Å². The number of rotatable bonds is 2. The van der Waals surface area contributed by atoms with Crippen molar-refractivity contribution < 1.29 is 14.4 Å². The fourth-order valence-electron chi connectivity index (χ4n) is 2.77. The Morgan fingerprint density at radius 3 is 2.80 bits per heavy atom. The van der Waals surface area contributed by atoms with Gasteiger partial charge in [0.2, 0.25) is 5.91 Å². The molecule has 6 heteroatoms. The molecular weight excluding hydrogens is 258 g/mol. The quantitative estimate of drug-likeness (QED) is 0.798. The monoisotopic (exact) mass is 273 g/mol. The highest BCUT2D eigenvalue weighted by molar-refractivity contribution is 6.07. The van der Waals surface area contributed by atoms with Crippen molar-refractivity contribution in [2.45, 2.75) is 19.4 Å². The van der Waals surface area contributed by atoms with Gasteiger partial charge in [-0.3, -0.25) is 14.5 Å². The molecule has 2 heterocycles. The summed E-state index contributed by atoms with van der Waals surface area (Å²) in [4.78, 5) is 38.1. The van der Waals surface area contributed by atoms with E-state index in [1.165, 1.54) is 0 Å². The molecule has 2 aliphatic heterocycles. The number of para-hydroxylation sites is 1. The summed E-state index contributed by atoms with van der Waals surface area (Å²) in [6.07, 6.45) is 0.794. The van der Waals surface area contributed by atoms with Gasteiger partial charge < -0.3 is 10.2 Å². The standard InChI is InChI=1S/C14H15N3O3/c1-9-6-10-4-2-3-5-11(10)17(9)13(19)8-16-12(18)7-15-14(16)20/h2-5,9H,6-8H2,1H3,(H,15,20). The second kappa shape index (κ2) is 4.63. The van der Waals surface area contributed by atoms with Gasteiger partial charge in [0.1, 0.15) is 6.54 Å². The third kappa shape index (κ3) is 1.93. The normalized spacial score (nSPS) is 21.1. The number of amides is 4. The summed E-state index contributed by atoms with van der Waals surface area (Å²) in [5.74, 6) is -0.587. The molecule has 2 aliphatic rings. The molecule has 1 atom stereocenters. The van der Waals surface area contributed by atoms with Crippen LogP contribution in [-0.4, -0.2) is 41.9 Å². The Morgan fingerprint density at radius 2 is 2.10 bits per heavy atom. The number of hydrogen-bond acceptors (Lipinski definition) is 3. The molecular formula is C14H15N3O3. The van der Waals surface area contributed by atoms with E-state index < -0.39 is 6.03 Å². The number of carbonyl (C=O) groups is 3. The zero-order chi connectivity index (χ0) is 14.3. The summed E-state index contributed by atoms with van der Waals surface area (Å²) in [5.41, 5.74) is 1.99. The van der Waals surface area contributed by atoms with E-state index in [2.05, 4.69) is 5.32 Å². The fourth-order valence-corrected chi connectivity index (χ4v) is 2.77. The predicted octanol–water partition coefficient (Wildman–Crippen LogP) is 0.516. The number of imide groups is 1. The first kappa shape index (κ1) is 12.7. The molecule has 1 saturated heterocycles. The highest BCUT2D eigenvalue weighted by atomic mass is 16.2. The molecule has 0 aliphatic carbocycles. The van der Waals surface area contributed by atoms with Gasteiger partial charge in [0.15, 0.2) is 0 Å². The van der Waals surface area contributed by atoms with Crippen molar-refractivity contribution in [2.75, 3.05) is 18.0 Å². The van der Waals surface area contributed by atoms with Gasteiger partial charge >= 0.3 is 6.03 Å². The first-order chi connectivity index (χ1) is 9.58. The first-order valence-corrected chi connectivity index (χ1v) is 6.56. The van der Waals surface area contributed by atoms with Crippen LogP contribution in [0.25, 0.3) is 0 Å². The molecule has 1 unspecified atom stereocenters. The molecule has 1 N–H and O–H groups in total. The highest BCUT2D eigenvalue weighted by Gasteiger charge is 2.35. The Kier molecular flexibility index (Phi) is 2.93. The molecule has 0 aromatic heterocycles. The fraction of sp³-hybridized carbons (Fsp3) is 0.357. The summed E-state index contributed by atoms with van der Waals surface area (Å²) in [6.45, 7) is 1.73. The van der Waals surface area contributed by atoms with E-state index in [0.717, 1.165) is 22.6 Å². The number of carbonyl (C=O) groups excluding carboxylic acids is 3. The Hall–Kier alpha value is -2.37. The third-order valence-electron chi connectivity index (χ3n) is 3.71. The summed E-state index contributed by atoms with van der Waals surface area (Å²) in [5, 5.41) is 2.41. The van der Waals surface area contributed by atoms with E-state index in [4.69, 9.17) is 0 Å². The number of nitrogens with one attached hydrogen (secondary N) is 1. The number of urea groups is 1. The molecule has 3 rings (SSSR count). The van der Waals surface area contributed by atoms with Crippen LogP contribution in [0.15, 0.2) is 24.3 Å². The summed E-state index contributed by atoms with van der Waals surface area (Å²) >= 11 is 0. The van der Waals surface area contributed by atoms with Crippen LogP contribution in [0.4, 0.5) is 10.5 Å². The molecule has 1 aromatic carbocycles. The van der Waals surface area contributed by atoms with Gasteiger partial charge in [-0.2, -0.15) is 0 Å². The van der Waals surface area contributed by atoms with Crippen molar-refractivity contribution in [1.82, 2.24) is 10.2 Å². The van der Waals surface area contributed by atoms with E-state index in [-0.39, 0.29) is 30.9 Å². The maximum Gasteiger partial charge on any atom is 0.325 e. The minimum atomic E-state index is -0.497. The molecule has 0 radical (unpaired) electrons. The van der Waals surface area contributed by atoms with Crippen LogP contribution in [0.3, 0.4) is 0 Å². The highest BCUT2D eigenvalue weighted by Crippen LogP contribution is 2.31. The van der Waals surface area contributed by atoms with Gasteiger partial charge in [0, 0.05) is 11.7 Å². The first-order valence-electron chi connectivity index (χ1n) is 6.56. The van der Waals surface area contributed by atoms with Crippen molar-refractivity contribution in [3.05, 3.63) is 29.8 Å². The van der Waals surface area contributed by atoms with Gasteiger partial charge in [0.25, 0.3) is 5.91 Å². The molecule has 6 nitrogen and oxygen atoms in total. The Balaban J connectivity index is 1.81. The van der Waals surface area contributed by atoms with Crippen molar-refractivity contribution in [3.63, 3.8) is 0 Å². The van der Waals surface area contributed by atoms with Gasteiger partial charge in [-0.25, -0.2) is 4.79 Å². The third-order valence-corrected chi connectivity index (χ3v) is 3.71. The lowest BCUT2D eigenvalue weighted by Crippen LogP contribution is -2.45. The van der Waals surface area contributed by atoms with Crippen molar-refractivity contribution in [2.24, 2.45) is 0 Å². The number of hydrogen-bond donors (Lipinski definition) is 1. The Bertz CT molecular complexity index is 583. The second-order valence-electron chi connectivity index (χ2n) is 5.08. The van der Waals surface area contributed by atoms with Gasteiger partial charge in [-0.1, -0.05) is 18.2 Å². The molecule has 4 amide bonds. The smallest absolute Gasteiger partial charge is 0.325 e. The van der Waals surface area contributed by atoms with Gasteiger partial charge in [-0.05, 0) is 25.0 Å². The van der Waals surface area contributed by atoms with Gasteiger partial charge in [-0.15, -0.1) is 0 Å². The number of benzene rings is 1. The number of anilines is 1. The van der Waals surface area contributed by atoms with Crippen LogP contribution in [0.2, 0.25) is 0 Å². The number of fused-ring (bicyclic) bond motifs is 1. The minimum absolute atomic E-state index is 0.0295. The van der Waals surface area contributed by atoms with Crippen LogP contribution in [0.5, 0.6) is 0 Å². The van der Waals surface area contributed by atoms with Crippen LogP contribution in [0, 0.1) is 0 Å². The maximum absolute atomic E-state index is 12.4. The minimum Gasteiger partial charge on any atom is -0.329 e.